The van der Waals surface area contributed by atoms with Crippen molar-refractivity contribution in [1.82, 2.24) is 10.3 Å². The molecule has 6 heteroatoms. The van der Waals surface area contributed by atoms with Crippen LogP contribution in [0.3, 0.4) is 0 Å². The summed E-state index contributed by atoms with van der Waals surface area (Å²) in [5.74, 6) is -0.225. The quantitative estimate of drug-likeness (QED) is 0.754. The summed E-state index contributed by atoms with van der Waals surface area (Å²) in [6.45, 7) is 0. The number of rotatable bonds is 3. The monoisotopic (exact) mass is 323 g/mol. The number of pyridine rings is 1. The lowest BCUT2D eigenvalue weighted by Crippen LogP contribution is -2.32. The molecule has 1 atom stereocenters. The predicted octanol–water partition coefficient (Wildman–Crippen LogP) is 2.96. The van der Waals surface area contributed by atoms with Crippen molar-refractivity contribution in [2.24, 2.45) is 0 Å². The van der Waals surface area contributed by atoms with Crippen LogP contribution in [0.1, 0.15) is 5.56 Å². The number of imide groups is 1. The number of thiophene rings is 1. The van der Waals surface area contributed by atoms with Crippen LogP contribution in [0.5, 0.6) is 0 Å². The van der Waals surface area contributed by atoms with Crippen molar-refractivity contribution in [3.05, 3.63) is 59.7 Å². The maximum atomic E-state index is 12.6. The molecule has 3 amide bonds. The molecule has 23 heavy (non-hydrogen) atoms. The molecule has 1 N–H and O–H groups in total. The molecule has 3 heterocycles. The second-order valence-electron chi connectivity index (χ2n) is 5.34. The van der Waals surface area contributed by atoms with Crippen LogP contribution in [-0.2, 0) is 11.2 Å². The lowest BCUT2D eigenvalue weighted by atomic mass is 10.1. The first-order chi connectivity index (χ1) is 11.2. The Morgan fingerprint density at radius 2 is 1.91 bits per heavy atom. The number of aromatic nitrogens is 1. The topological polar surface area (TPSA) is 62.3 Å². The van der Waals surface area contributed by atoms with Crippen LogP contribution < -0.4 is 10.2 Å². The van der Waals surface area contributed by atoms with Crippen molar-refractivity contribution in [1.29, 1.82) is 0 Å². The fourth-order valence-corrected chi connectivity index (χ4v) is 3.79. The Morgan fingerprint density at radius 1 is 1.13 bits per heavy atom. The summed E-state index contributed by atoms with van der Waals surface area (Å²) in [6.07, 6.45) is 3.63. The zero-order chi connectivity index (χ0) is 15.8. The van der Waals surface area contributed by atoms with Crippen LogP contribution in [0.4, 0.5) is 10.5 Å². The standard InChI is InChI=1S/C17H13N3O2S/c21-16-14(9-11-10-23-15-4-2-1-3-13(11)15)19-17(22)20(16)12-5-7-18-8-6-12/h1-8,10,14H,9H2,(H,19,22). The summed E-state index contributed by atoms with van der Waals surface area (Å²) in [7, 11) is 0. The summed E-state index contributed by atoms with van der Waals surface area (Å²) in [4.78, 5) is 29.9. The molecule has 1 saturated heterocycles. The Balaban J connectivity index is 1.61. The van der Waals surface area contributed by atoms with Crippen molar-refractivity contribution in [2.45, 2.75) is 12.5 Å². The lowest BCUT2D eigenvalue weighted by molar-refractivity contribution is -0.118. The molecule has 0 spiro atoms. The van der Waals surface area contributed by atoms with E-state index in [-0.39, 0.29) is 11.9 Å². The first-order valence-corrected chi connectivity index (χ1v) is 8.11. The second-order valence-corrected chi connectivity index (χ2v) is 6.25. The van der Waals surface area contributed by atoms with Gasteiger partial charge in [0.15, 0.2) is 0 Å². The average Bonchev–Trinajstić information content (AvgIpc) is 3.10. The third-order valence-electron chi connectivity index (χ3n) is 3.93. The maximum Gasteiger partial charge on any atom is 0.329 e. The second kappa shape index (κ2) is 5.48. The molecule has 1 aliphatic rings. The van der Waals surface area contributed by atoms with E-state index in [2.05, 4.69) is 21.7 Å². The van der Waals surface area contributed by atoms with Crippen molar-refractivity contribution >= 4 is 39.0 Å². The molecular weight excluding hydrogens is 310 g/mol. The Bertz CT molecular complexity index is 891. The van der Waals surface area contributed by atoms with Gasteiger partial charge in [-0.15, -0.1) is 11.3 Å². The molecule has 5 nitrogen and oxygen atoms in total. The minimum absolute atomic E-state index is 0.225. The van der Waals surface area contributed by atoms with Gasteiger partial charge in [-0.3, -0.25) is 9.78 Å². The highest BCUT2D eigenvalue weighted by Crippen LogP contribution is 2.28. The molecule has 0 saturated carbocycles. The zero-order valence-corrected chi connectivity index (χ0v) is 12.9. The zero-order valence-electron chi connectivity index (χ0n) is 12.1. The van der Waals surface area contributed by atoms with E-state index >= 15 is 0 Å². The highest BCUT2D eigenvalue weighted by molar-refractivity contribution is 7.17. The number of anilines is 1. The van der Waals surface area contributed by atoms with Gasteiger partial charge >= 0.3 is 6.03 Å². The number of fused-ring (bicyclic) bond motifs is 1. The van der Waals surface area contributed by atoms with Gasteiger partial charge in [0.1, 0.15) is 6.04 Å². The van der Waals surface area contributed by atoms with Crippen LogP contribution in [0.2, 0.25) is 0 Å². The van der Waals surface area contributed by atoms with Gasteiger partial charge in [-0.1, -0.05) is 18.2 Å². The number of hydrogen-bond acceptors (Lipinski definition) is 4. The normalized spacial score (nSPS) is 17.7. The van der Waals surface area contributed by atoms with Gasteiger partial charge in [0.2, 0.25) is 0 Å². The number of urea groups is 1. The van der Waals surface area contributed by atoms with Crippen LogP contribution >= 0.6 is 11.3 Å². The van der Waals surface area contributed by atoms with E-state index in [9.17, 15) is 9.59 Å². The molecule has 0 bridgehead atoms. The number of nitrogens with one attached hydrogen (secondary N) is 1. The largest absolute Gasteiger partial charge is 0.329 e. The van der Waals surface area contributed by atoms with Crippen molar-refractivity contribution in [2.75, 3.05) is 4.90 Å². The van der Waals surface area contributed by atoms with Crippen LogP contribution in [0.25, 0.3) is 10.1 Å². The smallest absolute Gasteiger partial charge is 0.325 e. The molecule has 114 valence electrons. The minimum atomic E-state index is -0.534. The number of hydrogen-bond donors (Lipinski definition) is 1. The molecule has 1 aromatic carbocycles. The maximum absolute atomic E-state index is 12.6. The van der Waals surface area contributed by atoms with Crippen LogP contribution in [-0.4, -0.2) is 23.0 Å². The van der Waals surface area contributed by atoms with E-state index in [0.29, 0.717) is 12.1 Å². The summed E-state index contributed by atoms with van der Waals surface area (Å²) in [6, 6.07) is 10.5. The number of benzene rings is 1. The Hall–Kier alpha value is -2.73. The fourth-order valence-electron chi connectivity index (χ4n) is 2.82. The first-order valence-electron chi connectivity index (χ1n) is 7.23. The van der Waals surface area contributed by atoms with Crippen LogP contribution in [0.15, 0.2) is 54.2 Å². The molecule has 0 radical (unpaired) electrons. The van der Waals surface area contributed by atoms with Crippen LogP contribution in [0, 0.1) is 0 Å². The third-order valence-corrected chi connectivity index (χ3v) is 4.94. The molecule has 2 aromatic heterocycles. The molecule has 1 fully saturated rings. The Morgan fingerprint density at radius 3 is 2.74 bits per heavy atom. The Kier molecular flexibility index (Phi) is 3.31. The lowest BCUT2D eigenvalue weighted by Gasteiger charge is -2.12. The highest BCUT2D eigenvalue weighted by atomic mass is 32.1. The first kappa shape index (κ1) is 13.9. The molecule has 3 aromatic rings. The average molecular weight is 323 g/mol. The van der Waals surface area contributed by atoms with Gasteiger partial charge in [0.05, 0.1) is 5.69 Å². The van der Waals surface area contributed by atoms with Crippen molar-refractivity contribution in [3.8, 4) is 0 Å². The number of amides is 3. The highest BCUT2D eigenvalue weighted by Gasteiger charge is 2.39. The van der Waals surface area contributed by atoms with Gasteiger partial charge in [-0.05, 0) is 34.5 Å². The van der Waals surface area contributed by atoms with Gasteiger partial charge in [-0.2, -0.15) is 0 Å². The summed E-state index contributed by atoms with van der Waals surface area (Å²) >= 11 is 1.65. The van der Waals surface area contributed by atoms with Gasteiger partial charge < -0.3 is 5.32 Å². The third kappa shape index (κ3) is 2.37. The van der Waals surface area contributed by atoms with Gasteiger partial charge in [0, 0.05) is 23.5 Å². The number of nitrogens with zero attached hydrogens (tertiary/aromatic N) is 2. The van der Waals surface area contributed by atoms with E-state index in [4.69, 9.17) is 0 Å². The minimum Gasteiger partial charge on any atom is -0.325 e. The Labute approximate surface area is 136 Å². The summed E-state index contributed by atoms with van der Waals surface area (Å²) in [5.41, 5.74) is 1.63. The van der Waals surface area contributed by atoms with Gasteiger partial charge in [-0.25, -0.2) is 9.69 Å². The SMILES string of the molecule is O=C1NC(Cc2csc3ccccc23)C(=O)N1c1ccncc1. The molecule has 1 aliphatic heterocycles. The van der Waals surface area contributed by atoms with Gasteiger partial charge in [0.25, 0.3) is 5.91 Å². The number of carbonyl (C=O) groups excluding carboxylic acids is 2. The predicted molar refractivity (Wildman–Crippen MR) is 89.6 cm³/mol. The molecule has 1 unspecified atom stereocenters. The van der Waals surface area contributed by atoms with Crippen molar-refractivity contribution in [3.63, 3.8) is 0 Å². The van der Waals surface area contributed by atoms with Crippen molar-refractivity contribution < 1.29 is 9.59 Å². The van der Waals surface area contributed by atoms with E-state index < -0.39 is 6.04 Å². The fraction of sp³-hybridized carbons (Fsp3) is 0.118. The molecule has 4 rings (SSSR count). The van der Waals surface area contributed by atoms with E-state index in [1.54, 1.807) is 35.9 Å². The molecule has 0 aliphatic carbocycles. The van der Waals surface area contributed by atoms with E-state index in [0.717, 1.165) is 10.9 Å². The molecular formula is C17H13N3O2S. The number of carbonyl (C=O) groups is 2. The van der Waals surface area contributed by atoms with E-state index in [1.807, 2.05) is 18.2 Å². The van der Waals surface area contributed by atoms with E-state index in [1.165, 1.54) is 9.60 Å². The summed E-state index contributed by atoms with van der Waals surface area (Å²) < 4.78 is 1.19. The summed E-state index contributed by atoms with van der Waals surface area (Å²) in [5, 5.41) is 5.97.